The molecule has 0 aliphatic carbocycles. The minimum atomic E-state index is -1.25. The number of nitrogens with zero attached hydrogens (tertiary/aromatic N) is 3. The smallest absolute Gasteiger partial charge is 0.410 e. The lowest BCUT2D eigenvalue weighted by Gasteiger charge is -2.35. The Morgan fingerprint density at radius 1 is 1.02 bits per heavy atom. The molecule has 1 aliphatic heterocycles. The summed E-state index contributed by atoms with van der Waals surface area (Å²) < 4.78 is 11.5. The maximum Gasteiger partial charge on any atom is 0.410 e. The molecule has 1 fully saturated rings. The van der Waals surface area contributed by atoms with E-state index in [1.165, 1.54) is 4.90 Å². The van der Waals surface area contributed by atoms with E-state index in [4.69, 9.17) is 9.15 Å². The van der Waals surface area contributed by atoms with Crippen molar-refractivity contribution >= 4 is 29.1 Å². The van der Waals surface area contributed by atoms with E-state index in [1.807, 2.05) is 83.1 Å². The van der Waals surface area contributed by atoms with Crippen LogP contribution >= 0.6 is 0 Å². The van der Waals surface area contributed by atoms with Gasteiger partial charge in [-0.25, -0.2) is 14.6 Å². The van der Waals surface area contributed by atoms with E-state index in [-0.39, 0.29) is 29.7 Å². The molecule has 2 aromatic carbocycles. The van der Waals surface area contributed by atoms with E-state index in [9.17, 15) is 19.5 Å². The van der Waals surface area contributed by atoms with Gasteiger partial charge in [-0.1, -0.05) is 71.0 Å². The molecule has 3 aromatic rings. The Kier molecular flexibility index (Phi) is 11.9. The summed E-state index contributed by atoms with van der Waals surface area (Å²) in [4.78, 5) is 48.1. The molecular weight excluding hydrogens is 608 g/mol. The Morgan fingerprint density at radius 2 is 1.69 bits per heavy atom. The van der Waals surface area contributed by atoms with Crippen LogP contribution in [-0.4, -0.2) is 69.2 Å². The second-order valence-corrected chi connectivity index (χ2v) is 15.4. The standard InChI is InChI=1S/C38H54N4O6/c1-25(2)18-23-42(34(44)27-19-21-41(22-20-27)36(46)48-38(6,7)8)35(45)40-29(16-14-26-12-10-9-11-13-26)32(43)33-39-30-24-28(37(3,4)5)15-17-31(30)47-33/h9-13,15,17,24-25,27,29,32,43H,14,16,18-23H2,1-8H3,(H,40,45)/t29-,32?/m0/s1. The highest BCUT2D eigenvalue weighted by molar-refractivity contribution is 5.96. The summed E-state index contributed by atoms with van der Waals surface area (Å²) >= 11 is 0. The molecule has 1 saturated heterocycles. The van der Waals surface area contributed by atoms with Crippen LogP contribution in [0.5, 0.6) is 0 Å². The summed E-state index contributed by atoms with van der Waals surface area (Å²) in [6.45, 7) is 16.9. The van der Waals surface area contributed by atoms with E-state index in [2.05, 4.69) is 31.1 Å². The van der Waals surface area contributed by atoms with Crippen LogP contribution in [0.15, 0.2) is 52.9 Å². The molecule has 4 amide bonds. The van der Waals surface area contributed by atoms with E-state index in [0.29, 0.717) is 56.3 Å². The summed E-state index contributed by atoms with van der Waals surface area (Å²) in [7, 11) is 0. The van der Waals surface area contributed by atoms with Crippen molar-refractivity contribution in [1.82, 2.24) is 20.1 Å². The van der Waals surface area contributed by atoms with Crippen molar-refractivity contribution in [2.45, 2.75) is 111 Å². The van der Waals surface area contributed by atoms with Crippen LogP contribution in [0, 0.1) is 11.8 Å². The number of carbonyl (C=O) groups is 3. The van der Waals surface area contributed by atoms with Gasteiger partial charge >= 0.3 is 12.1 Å². The maximum absolute atomic E-state index is 14.0. The molecule has 1 aromatic heterocycles. The second kappa shape index (κ2) is 15.5. The van der Waals surface area contributed by atoms with Crippen molar-refractivity contribution in [3.8, 4) is 0 Å². The third kappa shape index (κ3) is 10.0. The normalized spacial score (nSPS) is 15.8. The van der Waals surface area contributed by atoms with Gasteiger partial charge in [0.15, 0.2) is 11.7 Å². The number of imide groups is 1. The number of likely N-dealkylation sites (tertiary alicyclic amines) is 1. The third-order valence-electron chi connectivity index (χ3n) is 8.74. The van der Waals surface area contributed by atoms with Crippen molar-refractivity contribution in [3.05, 3.63) is 65.5 Å². The second-order valence-electron chi connectivity index (χ2n) is 15.4. The number of benzene rings is 2. The number of aliphatic hydroxyl groups excluding tert-OH is 1. The Morgan fingerprint density at radius 3 is 2.29 bits per heavy atom. The number of rotatable bonds is 10. The first-order valence-corrected chi connectivity index (χ1v) is 17.2. The van der Waals surface area contributed by atoms with Gasteiger partial charge in [0.1, 0.15) is 11.1 Å². The first-order valence-electron chi connectivity index (χ1n) is 17.2. The van der Waals surface area contributed by atoms with Gasteiger partial charge in [0.05, 0.1) is 6.04 Å². The van der Waals surface area contributed by atoms with E-state index >= 15 is 0 Å². The van der Waals surface area contributed by atoms with E-state index in [1.54, 1.807) is 4.90 Å². The fraction of sp³-hybridized carbons (Fsp3) is 0.579. The number of piperidine rings is 1. The van der Waals surface area contributed by atoms with Crippen LogP contribution in [0.4, 0.5) is 9.59 Å². The topological polar surface area (TPSA) is 125 Å². The summed E-state index contributed by atoms with van der Waals surface area (Å²) in [5.41, 5.74) is 2.64. The van der Waals surface area contributed by atoms with Gasteiger partial charge in [0.25, 0.3) is 0 Å². The summed E-state index contributed by atoms with van der Waals surface area (Å²) in [5, 5.41) is 14.7. The molecule has 4 rings (SSSR count). The monoisotopic (exact) mass is 662 g/mol. The van der Waals surface area contributed by atoms with Gasteiger partial charge in [-0.05, 0) is 87.5 Å². The SMILES string of the molecule is CC(C)CCN(C(=O)N[C@@H](CCc1ccccc1)C(O)c1nc2cc(C(C)(C)C)ccc2o1)C(=O)C1CCN(C(=O)OC(C)(C)C)CC1. The number of urea groups is 1. The molecule has 262 valence electrons. The Hall–Kier alpha value is -3.92. The highest BCUT2D eigenvalue weighted by Crippen LogP contribution is 2.30. The van der Waals surface area contributed by atoms with Crippen LogP contribution in [-0.2, 0) is 21.4 Å². The summed E-state index contributed by atoms with van der Waals surface area (Å²) in [5.74, 6) is -0.309. The van der Waals surface area contributed by atoms with Gasteiger partial charge in [-0.2, -0.15) is 0 Å². The molecule has 1 aliphatic rings. The number of aromatic nitrogens is 1. The number of carbonyl (C=O) groups excluding carboxylic acids is 3. The summed E-state index contributed by atoms with van der Waals surface area (Å²) in [6.07, 6.45) is 0.832. The fourth-order valence-electron chi connectivity index (χ4n) is 5.78. The Balaban J connectivity index is 1.54. The Labute approximate surface area is 285 Å². The van der Waals surface area contributed by atoms with Gasteiger partial charge in [-0.3, -0.25) is 9.69 Å². The predicted molar refractivity (Wildman–Crippen MR) is 186 cm³/mol. The number of hydrogen-bond acceptors (Lipinski definition) is 7. The van der Waals surface area contributed by atoms with Gasteiger partial charge < -0.3 is 24.5 Å². The molecule has 1 unspecified atom stereocenters. The molecule has 10 heteroatoms. The predicted octanol–water partition coefficient (Wildman–Crippen LogP) is 7.39. The van der Waals surface area contributed by atoms with Gasteiger partial charge in [0, 0.05) is 25.6 Å². The van der Waals surface area contributed by atoms with Crippen LogP contribution in [0.1, 0.15) is 104 Å². The number of hydrogen-bond donors (Lipinski definition) is 2. The maximum atomic E-state index is 14.0. The number of amides is 4. The first kappa shape index (κ1) is 36.9. The minimum Gasteiger partial charge on any atom is -0.444 e. The number of ether oxygens (including phenoxy) is 1. The Bertz CT molecular complexity index is 1530. The molecule has 2 atom stereocenters. The van der Waals surface area contributed by atoms with Gasteiger partial charge in [-0.15, -0.1) is 0 Å². The van der Waals surface area contributed by atoms with Crippen LogP contribution in [0.3, 0.4) is 0 Å². The van der Waals surface area contributed by atoms with Crippen LogP contribution in [0.25, 0.3) is 11.1 Å². The lowest BCUT2D eigenvalue weighted by molar-refractivity contribution is -0.134. The zero-order valence-electron chi connectivity index (χ0n) is 29.9. The first-order chi connectivity index (χ1) is 22.5. The largest absolute Gasteiger partial charge is 0.444 e. The summed E-state index contributed by atoms with van der Waals surface area (Å²) in [6, 6.07) is 14.3. The number of nitrogens with one attached hydrogen (secondary N) is 1. The average Bonchev–Trinajstić information content (AvgIpc) is 3.45. The molecule has 10 nitrogen and oxygen atoms in total. The lowest BCUT2D eigenvalue weighted by atomic mass is 9.87. The van der Waals surface area contributed by atoms with Crippen LogP contribution in [0.2, 0.25) is 0 Å². The molecular formula is C38H54N4O6. The zero-order valence-corrected chi connectivity index (χ0v) is 29.9. The van der Waals surface area contributed by atoms with Crippen molar-refractivity contribution in [3.63, 3.8) is 0 Å². The van der Waals surface area contributed by atoms with Gasteiger partial charge in [0.2, 0.25) is 11.8 Å². The van der Waals surface area contributed by atoms with Crippen molar-refractivity contribution in [2.75, 3.05) is 19.6 Å². The zero-order chi connectivity index (χ0) is 35.2. The highest BCUT2D eigenvalue weighted by Gasteiger charge is 2.36. The molecule has 0 radical (unpaired) electrons. The quantitative estimate of drug-likeness (QED) is 0.232. The van der Waals surface area contributed by atoms with E-state index < -0.39 is 35.8 Å². The van der Waals surface area contributed by atoms with Crippen LogP contribution < -0.4 is 5.32 Å². The highest BCUT2D eigenvalue weighted by atomic mass is 16.6. The minimum absolute atomic E-state index is 0.0869. The number of aliphatic hydroxyl groups is 1. The number of aryl methyl sites for hydroxylation is 1. The van der Waals surface area contributed by atoms with Crippen molar-refractivity contribution in [1.29, 1.82) is 0 Å². The molecule has 2 N–H and O–H groups in total. The molecule has 48 heavy (non-hydrogen) atoms. The lowest BCUT2D eigenvalue weighted by Crippen LogP contribution is -2.53. The van der Waals surface area contributed by atoms with Crippen molar-refractivity contribution < 1.29 is 28.6 Å². The van der Waals surface area contributed by atoms with Crippen molar-refractivity contribution in [2.24, 2.45) is 11.8 Å². The number of oxazole rings is 1. The molecule has 0 spiro atoms. The molecule has 0 saturated carbocycles. The number of fused-ring (bicyclic) bond motifs is 1. The average molecular weight is 663 g/mol. The molecule has 2 heterocycles. The fourth-order valence-corrected chi connectivity index (χ4v) is 5.78. The van der Waals surface area contributed by atoms with E-state index in [0.717, 1.165) is 11.1 Å². The molecule has 0 bridgehead atoms. The third-order valence-corrected chi connectivity index (χ3v) is 8.74.